The van der Waals surface area contributed by atoms with Gasteiger partial charge < -0.3 is 9.64 Å². The third kappa shape index (κ3) is 2.80. The van der Waals surface area contributed by atoms with Crippen LogP contribution in [0.25, 0.3) is 0 Å². The smallest absolute Gasteiger partial charge is 0.239 e. The average molecular weight is 241 g/mol. The Labute approximate surface area is 99.0 Å². The first-order chi connectivity index (χ1) is 8.20. The van der Waals surface area contributed by atoms with E-state index in [0.29, 0.717) is 19.7 Å². The minimum absolute atomic E-state index is 0.0566. The Balaban J connectivity index is 2.24. The zero-order valence-corrected chi connectivity index (χ0v) is 9.69. The quantitative estimate of drug-likeness (QED) is 0.580. The van der Waals surface area contributed by atoms with Gasteiger partial charge in [-0.25, -0.2) is 15.2 Å². The van der Waals surface area contributed by atoms with Gasteiger partial charge >= 0.3 is 0 Å². The Bertz CT molecular complexity index is 389. The van der Waals surface area contributed by atoms with Crippen molar-refractivity contribution in [2.45, 2.75) is 19.4 Å². The first kappa shape index (κ1) is 12.0. The van der Waals surface area contributed by atoms with Crippen molar-refractivity contribution in [1.29, 1.82) is 0 Å². The van der Waals surface area contributed by atoms with Crippen LogP contribution in [-0.2, 0) is 4.74 Å². The highest BCUT2D eigenvalue weighted by Crippen LogP contribution is 2.19. The molecule has 2 rings (SSSR count). The second kappa shape index (κ2) is 5.24. The Hall–Kier alpha value is -1.47. The molecular formula is C10H16FN5O. The maximum atomic E-state index is 13.7. The standard InChI is InChI=1S/C10H16FN5O/c1-7-6-16(3-2-4-17-7)9-8(11)5-13-10(14-9)15-12/h5,7H,2-4,6,12H2,1H3,(H,13,14,15). The van der Waals surface area contributed by atoms with Gasteiger partial charge in [-0.3, -0.25) is 5.43 Å². The summed E-state index contributed by atoms with van der Waals surface area (Å²) in [7, 11) is 0. The van der Waals surface area contributed by atoms with E-state index in [4.69, 9.17) is 10.6 Å². The maximum Gasteiger partial charge on any atom is 0.239 e. The predicted molar refractivity (Wildman–Crippen MR) is 62.0 cm³/mol. The number of hydrazine groups is 1. The molecule has 0 amide bonds. The highest BCUT2D eigenvalue weighted by Gasteiger charge is 2.20. The molecule has 0 bridgehead atoms. The van der Waals surface area contributed by atoms with Gasteiger partial charge in [0.15, 0.2) is 11.6 Å². The second-order valence-electron chi connectivity index (χ2n) is 3.99. The van der Waals surface area contributed by atoms with E-state index >= 15 is 0 Å². The minimum Gasteiger partial charge on any atom is -0.377 e. The second-order valence-corrected chi connectivity index (χ2v) is 3.99. The summed E-state index contributed by atoms with van der Waals surface area (Å²) in [5.74, 6) is 5.25. The lowest BCUT2D eigenvalue weighted by molar-refractivity contribution is 0.0820. The summed E-state index contributed by atoms with van der Waals surface area (Å²) >= 11 is 0. The lowest BCUT2D eigenvalue weighted by Gasteiger charge is -2.23. The number of aromatic nitrogens is 2. The van der Waals surface area contributed by atoms with Crippen LogP contribution >= 0.6 is 0 Å². The van der Waals surface area contributed by atoms with Crippen LogP contribution in [0.15, 0.2) is 6.20 Å². The van der Waals surface area contributed by atoms with Crippen molar-refractivity contribution in [2.75, 3.05) is 30.0 Å². The molecule has 1 unspecified atom stereocenters. The molecule has 3 N–H and O–H groups in total. The molecule has 0 saturated carbocycles. The van der Waals surface area contributed by atoms with Gasteiger partial charge in [0.2, 0.25) is 5.95 Å². The Morgan fingerprint density at radius 2 is 2.47 bits per heavy atom. The van der Waals surface area contributed by atoms with Crippen LogP contribution in [0.3, 0.4) is 0 Å². The van der Waals surface area contributed by atoms with E-state index in [-0.39, 0.29) is 17.9 Å². The van der Waals surface area contributed by atoms with Crippen LogP contribution in [-0.4, -0.2) is 35.8 Å². The fourth-order valence-electron chi connectivity index (χ4n) is 1.84. The van der Waals surface area contributed by atoms with Gasteiger partial charge in [-0.1, -0.05) is 0 Å². The van der Waals surface area contributed by atoms with Crippen LogP contribution in [0.1, 0.15) is 13.3 Å². The van der Waals surface area contributed by atoms with E-state index in [1.54, 1.807) is 0 Å². The van der Waals surface area contributed by atoms with Crippen molar-refractivity contribution < 1.29 is 9.13 Å². The maximum absolute atomic E-state index is 13.7. The number of halogens is 1. The molecule has 7 heteroatoms. The van der Waals surface area contributed by atoms with Crippen molar-refractivity contribution in [2.24, 2.45) is 5.84 Å². The van der Waals surface area contributed by atoms with E-state index in [0.717, 1.165) is 12.6 Å². The first-order valence-electron chi connectivity index (χ1n) is 5.56. The lowest BCUT2D eigenvalue weighted by Crippen LogP contribution is -2.32. The van der Waals surface area contributed by atoms with Crippen LogP contribution in [0, 0.1) is 5.82 Å². The Kier molecular flexibility index (Phi) is 3.70. The largest absolute Gasteiger partial charge is 0.377 e. The van der Waals surface area contributed by atoms with E-state index in [9.17, 15) is 4.39 Å². The van der Waals surface area contributed by atoms with Crippen LogP contribution in [0.5, 0.6) is 0 Å². The van der Waals surface area contributed by atoms with Crippen molar-refractivity contribution in [1.82, 2.24) is 9.97 Å². The highest BCUT2D eigenvalue weighted by molar-refractivity contribution is 5.43. The summed E-state index contributed by atoms with van der Waals surface area (Å²) in [6, 6.07) is 0. The molecule has 2 heterocycles. The summed E-state index contributed by atoms with van der Waals surface area (Å²) in [6.07, 6.45) is 2.02. The molecule has 0 aromatic carbocycles. The molecule has 94 valence electrons. The minimum atomic E-state index is -0.446. The van der Waals surface area contributed by atoms with Gasteiger partial charge in [-0.2, -0.15) is 4.98 Å². The number of hydrogen-bond acceptors (Lipinski definition) is 6. The van der Waals surface area contributed by atoms with Crippen LogP contribution in [0.4, 0.5) is 16.2 Å². The van der Waals surface area contributed by atoms with Crippen LogP contribution in [0.2, 0.25) is 0 Å². The van der Waals surface area contributed by atoms with Gasteiger partial charge in [0, 0.05) is 19.7 Å². The molecule has 1 aliphatic heterocycles. The van der Waals surface area contributed by atoms with Crippen molar-refractivity contribution in [3.63, 3.8) is 0 Å². The number of anilines is 2. The summed E-state index contributed by atoms with van der Waals surface area (Å²) in [5, 5.41) is 0. The fraction of sp³-hybridized carbons (Fsp3) is 0.600. The van der Waals surface area contributed by atoms with E-state index in [1.165, 1.54) is 0 Å². The monoisotopic (exact) mass is 241 g/mol. The molecule has 17 heavy (non-hydrogen) atoms. The van der Waals surface area contributed by atoms with Crippen molar-refractivity contribution >= 4 is 11.8 Å². The summed E-state index contributed by atoms with van der Waals surface area (Å²) in [5.41, 5.74) is 2.31. The first-order valence-corrected chi connectivity index (χ1v) is 5.56. The SMILES string of the molecule is CC1CN(c2nc(NN)ncc2F)CCCO1. The molecular weight excluding hydrogens is 225 g/mol. The molecule has 1 aliphatic rings. The normalized spacial score (nSPS) is 21.1. The lowest BCUT2D eigenvalue weighted by atomic mass is 10.3. The number of nitrogens with two attached hydrogens (primary N) is 1. The molecule has 0 radical (unpaired) electrons. The number of nitrogens with one attached hydrogen (secondary N) is 1. The van der Waals surface area contributed by atoms with E-state index in [2.05, 4.69) is 15.4 Å². The van der Waals surface area contributed by atoms with Gasteiger partial charge in [-0.05, 0) is 13.3 Å². The van der Waals surface area contributed by atoms with E-state index < -0.39 is 5.82 Å². The summed E-state index contributed by atoms with van der Waals surface area (Å²) in [6.45, 7) is 3.96. The van der Waals surface area contributed by atoms with Gasteiger partial charge in [0.05, 0.1) is 12.3 Å². The van der Waals surface area contributed by atoms with Crippen LogP contribution < -0.4 is 16.2 Å². The van der Waals surface area contributed by atoms with Crippen molar-refractivity contribution in [3.05, 3.63) is 12.0 Å². The average Bonchev–Trinajstić information content (AvgIpc) is 2.54. The Morgan fingerprint density at radius 1 is 1.65 bits per heavy atom. The summed E-state index contributed by atoms with van der Waals surface area (Å²) < 4.78 is 19.2. The molecule has 1 atom stereocenters. The number of rotatable bonds is 2. The molecule has 1 fully saturated rings. The molecule has 1 aromatic heterocycles. The number of ether oxygens (including phenoxy) is 1. The molecule has 0 spiro atoms. The topological polar surface area (TPSA) is 76.3 Å². The third-order valence-corrected chi connectivity index (χ3v) is 2.61. The summed E-state index contributed by atoms with van der Waals surface area (Å²) in [4.78, 5) is 9.61. The number of nitrogens with zero attached hydrogens (tertiary/aromatic N) is 3. The number of hydrogen-bond donors (Lipinski definition) is 2. The van der Waals surface area contributed by atoms with E-state index in [1.807, 2.05) is 11.8 Å². The zero-order valence-electron chi connectivity index (χ0n) is 9.69. The zero-order chi connectivity index (χ0) is 12.3. The van der Waals surface area contributed by atoms with Crippen molar-refractivity contribution in [3.8, 4) is 0 Å². The molecule has 0 aliphatic carbocycles. The van der Waals surface area contributed by atoms with Gasteiger partial charge in [-0.15, -0.1) is 0 Å². The molecule has 1 aromatic rings. The molecule has 1 saturated heterocycles. The highest BCUT2D eigenvalue weighted by atomic mass is 19.1. The fourth-order valence-corrected chi connectivity index (χ4v) is 1.84. The molecule has 6 nitrogen and oxygen atoms in total. The number of nitrogen functional groups attached to an aromatic ring is 1. The third-order valence-electron chi connectivity index (χ3n) is 2.61. The predicted octanol–water partition coefficient (Wildman–Crippen LogP) is 0.516. The Morgan fingerprint density at radius 3 is 3.24 bits per heavy atom. The van der Waals surface area contributed by atoms with Gasteiger partial charge in [0.25, 0.3) is 0 Å². The van der Waals surface area contributed by atoms with Gasteiger partial charge in [0.1, 0.15) is 0 Å².